The van der Waals surface area contributed by atoms with E-state index in [-0.39, 0.29) is 41.5 Å². The molecule has 6 rings (SSSR count). The summed E-state index contributed by atoms with van der Waals surface area (Å²) >= 11 is 0. The molecule has 40 heavy (non-hydrogen) atoms. The van der Waals surface area contributed by atoms with Crippen LogP contribution in [-0.2, 0) is 19.1 Å². The van der Waals surface area contributed by atoms with Crippen molar-refractivity contribution in [1.82, 2.24) is 15.1 Å². The van der Waals surface area contributed by atoms with Gasteiger partial charge in [0.05, 0.1) is 17.9 Å². The molecule has 1 N–H and O–H groups in total. The van der Waals surface area contributed by atoms with Crippen LogP contribution in [-0.4, -0.2) is 72.5 Å². The van der Waals surface area contributed by atoms with Crippen molar-refractivity contribution in [2.24, 2.45) is 23.2 Å². The number of benzene rings is 1. The topological polar surface area (TPSA) is 79.0 Å². The molecule has 2 unspecified atom stereocenters. The summed E-state index contributed by atoms with van der Waals surface area (Å²) in [4.78, 5) is 45.5. The Kier molecular flexibility index (Phi) is 7.43. The predicted octanol–water partition coefficient (Wildman–Crippen LogP) is 4.26. The van der Waals surface area contributed by atoms with Gasteiger partial charge in [0.25, 0.3) is 0 Å². The summed E-state index contributed by atoms with van der Waals surface area (Å²) in [6, 6.07) is 6.55. The van der Waals surface area contributed by atoms with Gasteiger partial charge in [-0.15, -0.1) is 0 Å². The first-order chi connectivity index (χ1) is 19.3. The Morgan fingerprint density at radius 3 is 2.38 bits per heavy atom. The fourth-order valence-electron chi connectivity index (χ4n) is 8.78. The molecular formula is C32H44FN3O4. The van der Waals surface area contributed by atoms with Gasteiger partial charge in [0.15, 0.2) is 0 Å². The molecule has 5 fully saturated rings. The van der Waals surface area contributed by atoms with Crippen molar-refractivity contribution in [3.8, 4) is 0 Å². The van der Waals surface area contributed by atoms with E-state index in [4.69, 9.17) is 4.74 Å². The zero-order chi connectivity index (χ0) is 28.1. The van der Waals surface area contributed by atoms with Crippen molar-refractivity contribution < 1.29 is 23.5 Å². The summed E-state index contributed by atoms with van der Waals surface area (Å²) in [5.74, 6) is 0.0431. The number of hydrogen-bond acceptors (Lipinski definition) is 5. The highest BCUT2D eigenvalue weighted by atomic mass is 19.1. The maximum Gasteiger partial charge on any atom is 0.312 e. The van der Waals surface area contributed by atoms with Crippen LogP contribution in [0, 0.1) is 29.0 Å². The molecule has 0 aromatic heterocycles. The van der Waals surface area contributed by atoms with Gasteiger partial charge in [-0.2, -0.15) is 0 Å². The summed E-state index contributed by atoms with van der Waals surface area (Å²) in [7, 11) is 2.08. The number of carbonyl (C=O) groups is 3. The molecule has 3 aliphatic carbocycles. The normalized spacial score (nSPS) is 33.5. The summed E-state index contributed by atoms with van der Waals surface area (Å²) in [6.07, 6.45) is 9.21. The summed E-state index contributed by atoms with van der Waals surface area (Å²) in [6.45, 7) is 4.22. The zero-order valence-electron chi connectivity index (χ0n) is 24.0. The fourth-order valence-corrected chi connectivity index (χ4v) is 8.78. The maximum atomic E-state index is 14.3. The van der Waals surface area contributed by atoms with Crippen LogP contribution in [0.5, 0.6) is 0 Å². The van der Waals surface area contributed by atoms with E-state index >= 15 is 0 Å². The Bertz CT molecular complexity index is 1130. The van der Waals surface area contributed by atoms with E-state index in [1.54, 1.807) is 12.1 Å². The van der Waals surface area contributed by atoms with E-state index in [9.17, 15) is 18.8 Å². The van der Waals surface area contributed by atoms with Crippen LogP contribution in [0.2, 0.25) is 0 Å². The lowest BCUT2D eigenvalue weighted by molar-refractivity contribution is -0.166. The first-order valence-corrected chi connectivity index (χ1v) is 15.5. The lowest BCUT2D eigenvalue weighted by atomic mass is 9.63. The second-order valence-electron chi connectivity index (χ2n) is 13.2. The Morgan fingerprint density at radius 1 is 1.05 bits per heavy atom. The van der Waals surface area contributed by atoms with Crippen LogP contribution in [0.3, 0.4) is 0 Å². The number of halogens is 1. The maximum absolute atomic E-state index is 14.3. The molecule has 0 radical (unpaired) electrons. The lowest BCUT2D eigenvalue weighted by Gasteiger charge is -2.46. The number of nitrogens with one attached hydrogen (secondary N) is 1. The molecule has 3 saturated carbocycles. The van der Waals surface area contributed by atoms with Crippen LogP contribution in [0.25, 0.3) is 0 Å². The van der Waals surface area contributed by atoms with Gasteiger partial charge < -0.3 is 19.9 Å². The highest BCUT2D eigenvalue weighted by Crippen LogP contribution is 2.55. The average molecular weight is 554 g/mol. The highest BCUT2D eigenvalue weighted by Gasteiger charge is 2.64. The molecule has 5 aliphatic rings. The Balaban J connectivity index is 1.21. The van der Waals surface area contributed by atoms with E-state index in [1.807, 2.05) is 11.8 Å². The number of piperidine rings is 2. The number of rotatable bonds is 7. The fraction of sp³-hybridized carbons (Fsp3) is 0.719. The summed E-state index contributed by atoms with van der Waals surface area (Å²) in [5, 5.41) is 3.26. The first-order valence-electron chi connectivity index (χ1n) is 15.5. The molecule has 2 aliphatic heterocycles. The van der Waals surface area contributed by atoms with Gasteiger partial charge in [-0.1, -0.05) is 31.4 Å². The molecule has 218 valence electrons. The molecule has 8 heteroatoms. The zero-order valence-corrected chi connectivity index (χ0v) is 24.0. The number of amides is 2. The van der Waals surface area contributed by atoms with Gasteiger partial charge >= 0.3 is 5.97 Å². The minimum Gasteiger partial charge on any atom is -0.466 e. The minimum atomic E-state index is -1.01. The van der Waals surface area contributed by atoms with Gasteiger partial charge in [-0.05, 0) is 88.4 Å². The molecule has 2 amide bonds. The largest absolute Gasteiger partial charge is 0.466 e. The third kappa shape index (κ3) is 4.74. The number of hydrogen-bond donors (Lipinski definition) is 1. The van der Waals surface area contributed by atoms with E-state index in [1.165, 1.54) is 18.6 Å². The molecule has 2 heterocycles. The standard InChI is InChI=1S/C32H44FN3O4/c1-3-40-30(39)31(23-7-5-4-6-8-23)13-15-36(16-14-31)29(38)32(19-26(32)22-9-11-24(33)12-10-22)34-28(37)25-17-21-18-27(25)35(2)20-21/h9-12,21,23,25-27H,3-8,13-20H2,1-2H3,(H,34,37)/t21-,25-,26?,27-,32?/m0/s1. The van der Waals surface area contributed by atoms with Crippen LogP contribution in [0.15, 0.2) is 24.3 Å². The third-order valence-electron chi connectivity index (χ3n) is 11.0. The van der Waals surface area contributed by atoms with E-state index in [0.29, 0.717) is 50.8 Å². The van der Waals surface area contributed by atoms with E-state index in [2.05, 4.69) is 17.3 Å². The van der Waals surface area contributed by atoms with Crippen LogP contribution < -0.4 is 5.32 Å². The van der Waals surface area contributed by atoms with Crippen molar-refractivity contribution in [2.45, 2.75) is 88.6 Å². The quantitative estimate of drug-likeness (QED) is 0.511. The Hall–Kier alpha value is -2.48. The van der Waals surface area contributed by atoms with Crippen LogP contribution in [0.1, 0.15) is 82.6 Å². The van der Waals surface area contributed by atoms with Gasteiger partial charge in [0.2, 0.25) is 11.8 Å². The molecule has 1 aromatic carbocycles. The Labute approximate surface area is 237 Å². The van der Waals surface area contributed by atoms with E-state index < -0.39 is 11.0 Å². The first kappa shape index (κ1) is 27.7. The summed E-state index contributed by atoms with van der Waals surface area (Å²) < 4.78 is 19.3. The van der Waals surface area contributed by atoms with Gasteiger partial charge in [-0.25, -0.2) is 4.39 Å². The number of esters is 1. The summed E-state index contributed by atoms with van der Waals surface area (Å²) in [5.41, 5.74) is -0.665. The van der Waals surface area contributed by atoms with Crippen molar-refractivity contribution in [3.05, 3.63) is 35.6 Å². The molecule has 0 spiro atoms. The number of nitrogens with zero attached hydrogens (tertiary/aromatic N) is 2. The number of fused-ring (bicyclic) bond motifs is 2. The van der Waals surface area contributed by atoms with Crippen molar-refractivity contribution in [1.29, 1.82) is 0 Å². The molecular weight excluding hydrogens is 509 g/mol. The van der Waals surface area contributed by atoms with Crippen molar-refractivity contribution >= 4 is 17.8 Å². The lowest BCUT2D eigenvalue weighted by Crippen LogP contribution is -2.58. The van der Waals surface area contributed by atoms with Gasteiger partial charge in [-0.3, -0.25) is 14.4 Å². The Morgan fingerprint density at radius 2 is 1.75 bits per heavy atom. The smallest absolute Gasteiger partial charge is 0.312 e. The SMILES string of the molecule is CCOC(=O)C1(C2CCCCC2)CCN(C(=O)C2(NC(=O)[C@H]3C[C@H]4C[C@@H]3N(C)C4)CC2c2ccc(F)cc2)CC1. The second kappa shape index (κ2) is 10.7. The molecule has 1 aromatic rings. The van der Waals surface area contributed by atoms with Crippen molar-refractivity contribution in [3.63, 3.8) is 0 Å². The molecule has 7 nitrogen and oxygen atoms in total. The highest BCUT2D eigenvalue weighted by molar-refractivity contribution is 5.97. The van der Waals surface area contributed by atoms with Crippen molar-refractivity contribution in [2.75, 3.05) is 33.3 Å². The molecule has 2 bridgehead atoms. The minimum absolute atomic E-state index is 0.0305. The van der Waals surface area contributed by atoms with Gasteiger partial charge in [0.1, 0.15) is 11.4 Å². The number of carbonyl (C=O) groups excluding carboxylic acids is 3. The van der Waals surface area contributed by atoms with Crippen LogP contribution in [0.4, 0.5) is 4.39 Å². The molecule has 2 saturated heterocycles. The van der Waals surface area contributed by atoms with E-state index in [0.717, 1.165) is 50.6 Å². The van der Waals surface area contributed by atoms with Crippen LogP contribution >= 0.6 is 0 Å². The third-order valence-corrected chi connectivity index (χ3v) is 11.0. The second-order valence-corrected chi connectivity index (χ2v) is 13.2. The average Bonchev–Trinajstić information content (AvgIpc) is 3.35. The molecule has 5 atom stereocenters. The number of ether oxygens (including phenoxy) is 1. The monoisotopic (exact) mass is 553 g/mol. The van der Waals surface area contributed by atoms with Gasteiger partial charge in [0, 0.05) is 31.6 Å². The number of likely N-dealkylation sites (tertiary alicyclic amines) is 2. The predicted molar refractivity (Wildman–Crippen MR) is 149 cm³/mol.